The number of aliphatic hydroxyl groups excluding tert-OH is 1. The van der Waals surface area contributed by atoms with Gasteiger partial charge >= 0.3 is 5.97 Å². The van der Waals surface area contributed by atoms with Gasteiger partial charge in [-0.1, -0.05) is 55.5 Å². The smallest absolute Gasteiger partial charge is 0.326 e. The summed E-state index contributed by atoms with van der Waals surface area (Å²) in [5.41, 5.74) is 2.82. The molecular formula is C19H21NO3. The fourth-order valence-corrected chi connectivity index (χ4v) is 3.46. The molecule has 1 aliphatic heterocycles. The Kier molecular flexibility index (Phi) is 4.35. The van der Waals surface area contributed by atoms with Crippen LogP contribution in [0.1, 0.15) is 30.4 Å². The molecule has 120 valence electrons. The lowest BCUT2D eigenvalue weighted by Crippen LogP contribution is -2.48. The first-order chi connectivity index (χ1) is 11.1. The lowest BCUT2D eigenvalue weighted by molar-refractivity contribution is -0.139. The molecule has 0 amide bonds. The van der Waals surface area contributed by atoms with Crippen molar-refractivity contribution in [3.8, 4) is 0 Å². The van der Waals surface area contributed by atoms with Crippen molar-refractivity contribution in [2.75, 3.05) is 4.90 Å². The second kappa shape index (κ2) is 6.42. The van der Waals surface area contributed by atoms with E-state index < -0.39 is 18.2 Å². The van der Waals surface area contributed by atoms with Gasteiger partial charge in [0.15, 0.2) is 0 Å². The van der Waals surface area contributed by atoms with E-state index >= 15 is 0 Å². The molecule has 0 aliphatic carbocycles. The number of para-hydroxylation sites is 1. The summed E-state index contributed by atoms with van der Waals surface area (Å²) in [5, 5.41) is 20.6. The third kappa shape index (κ3) is 2.82. The summed E-state index contributed by atoms with van der Waals surface area (Å²) >= 11 is 0. The molecule has 2 aromatic rings. The van der Waals surface area contributed by atoms with Gasteiger partial charge < -0.3 is 15.1 Å². The molecule has 3 atom stereocenters. The molecule has 0 saturated heterocycles. The van der Waals surface area contributed by atoms with Crippen molar-refractivity contribution in [2.24, 2.45) is 0 Å². The van der Waals surface area contributed by atoms with Gasteiger partial charge in [-0.2, -0.15) is 0 Å². The summed E-state index contributed by atoms with van der Waals surface area (Å²) in [4.78, 5) is 13.3. The molecule has 3 unspecified atom stereocenters. The zero-order valence-electron chi connectivity index (χ0n) is 13.1. The summed E-state index contributed by atoms with van der Waals surface area (Å²) in [5.74, 6) is -1.03. The fraction of sp³-hybridized carbons (Fsp3) is 0.316. The topological polar surface area (TPSA) is 60.8 Å². The maximum Gasteiger partial charge on any atom is 0.326 e. The van der Waals surface area contributed by atoms with Gasteiger partial charge in [0, 0.05) is 18.0 Å². The largest absolute Gasteiger partial charge is 0.480 e. The highest BCUT2D eigenvalue weighted by molar-refractivity contribution is 5.82. The third-order valence-electron chi connectivity index (χ3n) is 4.62. The van der Waals surface area contributed by atoms with Crippen molar-refractivity contribution in [3.63, 3.8) is 0 Å². The van der Waals surface area contributed by atoms with E-state index in [0.29, 0.717) is 6.42 Å². The number of fused-ring (bicyclic) bond motifs is 1. The average molecular weight is 311 g/mol. The normalized spacial score (nSPS) is 19.2. The van der Waals surface area contributed by atoms with Crippen LogP contribution in [-0.4, -0.2) is 28.5 Å². The van der Waals surface area contributed by atoms with Crippen LogP contribution >= 0.6 is 0 Å². The molecule has 0 saturated carbocycles. The summed E-state index contributed by atoms with van der Waals surface area (Å²) in [7, 11) is 0. The van der Waals surface area contributed by atoms with Crippen molar-refractivity contribution < 1.29 is 15.0 Å². The second-order valence-corrected chi connectivity index (χ2v) is 5.93. The Labute approximate surface area is 136 Å². The van der Waals surface area contributed by atoms with Crippen molar-refractivity contribution in [3.05, 3.63) is 65.7 Å². The number of nitrogens with zero attached hydrogens (tertiary/aromatic N) is 1. The summed E-state index contributed by atoms with van der Waals surface area (Å²) in [6, 6.07) is 16.7. The van der Waals surface area contributed by atoms with Crippen molar-refractivity contribution >= 4 is 11.7 Å². The molecule has 4 heteroatoms. The number of hydrogen-bond acceptors (Lipinski definition) is 3. The van der Waals surface area contributed by atoms with Crippen LogP contribution in [0.5, 0.6) is 0 Å². The first-order valence-corrected chi connectivity index (χ1v) is 7.95. The summed E-state index contributed by atoms with van der Waals surface area (Å²) < 4.78 is 0. The number of aliphatic carboxylic acids is 1. The van der Waals surface area contributed by atoms with Crippen LogP contribution in [-0.2, 0) is 11.2 Å². The van der Waals surface area contributed by atoms with Gasteiger partial charge in [0.2, 0.25) is 0 Å². The van der Waals surface area contributed by atoms with E-state index in [2.05, 4.69) is 0 Å². The average Bonchev–Trinajstić information content (AvgIpc) is 2.96. The monoisotopic (exact) mass is 311 g/mol. The van der Waals surface area contributed by atoms with Gasteiger partial charge in [0.05, 0.1) is 0 Å². The van der Waals surface area contributed by atoms with Crippen molar-refractivity contribution in [1.82, 2.24) is 0 Å². The number of carboxylic acid groups (broad SMARTS) is 1. The van der Waals surface area contributed by atoms with Gasteiger partial charge in [0.1, 0.15) is 12.3 Å². The van der Waals surface area contributed by atoms with Crippen LogP contribution in [0.15, 0.2) is 54.6 Å². The molecule has 4 nitrogen and oxygen atoms in total. The zero-order chi connectivity index (χ0) is 16.4. The van der Waals surface area contributed by atoms with Crippen LogP contribution in [0, 0.1) is 0 Å². The Hall–Kier alpha value is -2.33. The predicted octanol–water partition coefficient (Wildman–Crippen LogP) is 3.01. The van der Waals surface area contributed by atoms with E-state index in [1.54, 1.807) is 4.90 Å². The molecule has 23 heavy (non-hydrogen) atoms. The van der Waals surface area contributed by atoms with Gasteiger partial charge in [-0.25, -0.2) is 4.79 Å². The van der Waals surface area contributed by atoms with Gasteiger partial charge in [-0.15, -0.1) is 0 Å². The highest BCUT2D eigenvalue weighted by Crippen LogP contribution is 2.37. The first kappa shape index (κ1) is 15.6. The Balaban J connectivity index is 1.98. The molecule has 0 bridgehead atoms. The minimum absolute atomic E-state index is 0.135. The summed E-state index contributed by atoms with van der Waals surface area (Å²) in [6.45, 7) is 2.01. The highest BCUT2D eigenvalue weighted by Gasteiger charge is 2.40. The van der Waals surface area contributed by atoms with Gasteiger partial charge in [-0.05, 0) is 23.6 Å². The molecule has 2 aromatic carbocycles. The second-order valence-electron chi connectivity index (χ2n) is 5.93. The lowest BCUT2D eigenvalue weighted by Gasteiger charge is -2.35. The minimum atomic E-state index is -0.900. The number of aliphatic hydroxyl groups is 1. The fourth-order valence-electron chi connectivity index (χ4n) is 3.46. The maximum absolute atomic E-state index is 11.7. The summed E-state index contributed by atoms with van der Waals surface area (Å²) in [6.07, 6.45) is 0.288. The van der Waals surface area contributed by atoms with E-state index in [1.165, 1.54) is 0 Å². The number of rotatable bonds is 5. The minimum Gasteiger partial charge on any atom is -0.480 e. The number of hydrogen-bond donors (Lipinski definition) is 2. The molecule has 0 aromatic heterocycles. The van der Waals surface area contributed by atoms with Gasteiger partial charge in [-0.3, -0.25) is 0 Å². The van der Waals surface area contributed by atoms with Crippen LogP contribution in [0.25, 0.3) is 0 Å². The highest BCUT2D eigenvalue weighted by atomic mass is 16.4. The van der Waals surface area contributed by atoms with E-state index in [4.69, 9.17) is 0 Å². The molecular weight excluding hydrogens is 290 g/mol. The van der Waals surface area contributed by atoms with Crippen molar-refractivity contribution in [2.45, 2.75) is 38.0 Å². The Morgan fingerprint density at radius 2 is 1.83 bits per heavy atom. The van der Waals surface area contributed by atoms with E-state index in [9.17, 15) is 15.0 Å². The molecule has 0 fully saturated rings. The SMILES string of the molecule is CCC(c1ccccc1)C(O)N1c2ccccc2CC1C(=O)O. The number of benzene rings is 2. The molecule has 1 aliphatic rings. The van der Waals surface area contributed by atoms with E-state index in [0.717, 1.165) is 23.2 Å². The Bertz CT molecular complexity index is 686. The maximum atomic E-state index is 11.7. The molecule has 3 rings (SSSR count). The van der Waals surface area contributed by atoms with Gasteiger partial charge in [0.25, 0.3) is 0 Å². The number of carboxylic acids is 1. The zero-order valence-corrected chi connectivity index (χ0v) is 13.1. The molecule has 0 radical (unpaired) electrons. The van der Waals surface area contributed by atoms with Crippen LogP contribution in [0.2, 0.25) is 0 Å². The molecule has 1 heterocycles. The quantitative estimate of drug-likeness (QED) is 0.891. The molecule has 2 N–H and O–H groups in total. The van der Waals surface area contributed by atoms with Crippen LogP contribution in [0.4, 0.5) is 5.69 Å². The van der Waals surface area contributed by atoms with Crippen LogP contribution in [0.3, 0.4) is 0 Å². The number of anilines is 1. The third-order valence-corrected chi connectivity index (χ3v) is 4.62. The van der Waals surface area contributed by atoms with Crippen molar-refractivity contribution in [1.29, 1.82) is 0 Å². The standard InChI is InChI=1S/C19H21NO3/c1-2-15(13-8-4-3-5-9-13)18(21)20-16-11-7-6-10-14(16)12-17(20)19(22)23/h3-11,15,17-18,21H,2,12H2,1H3,(H,22,23). The molecule has 0 spiro atoms. The van der Waals surface area contributed by atoms with Crippen LogP contribution < -0.4 is 4.90 Å². The number of carbonyl (C=O) groups is 1. The lowest BCUT2D eigenvalue weighted by atomic mass is 9.93. The van der Waals surface area contributed by atoms with E-state index in [1.807, 2.05) is 61.5 Å². The first-order valence-electron chi connectivity index (χ1n) is 7.95. The Morgan fingerprint density at radius 3 is 2.48 bits per heavy atom. The predicted molar refractivity (Wildman–Crippen MR) is 89.5 cm³/mol. The Morgan fingerprint density at radius 1 is 1.17 bits per heavy atom. The van der Waals surface area contributed by atoms with E-state index in [-0.39, 0.29) is 5.92 Å².